The van der Waals surface area contributed by atoms with E-state index in [0.29, 0.717) is 0 Å². The number of benzene rings is 3. The van der Waals surface area contributed by atoms with E-state index in [1.807, 2.05) is 91.0 Å². The van der Waals surface area contributed by atoms with E-state index in [4.69, 9.17) is 19.3 Å². The van der Waals surface area contributed by atoms with E-state index in [2.05, 4.69) is 17.8 Å². The molecule has 0 aliphatic heterocycles. The summed E-state index contributed by atoms with van der Waals surface area (Å²) in [6.45, 7) is 0. The lowest BCUT2D eigenvalue weighted by Crippen LogP contribution is -1.66. The second-order valence-electron chi connectivity index (χ2n) is 4.53. The predicted octanol–water partition coefficient (Wildman–Crippen LogP) is 5.00. The van der Waals surface area contributed by atoms with Crippen molar-refractivity contribution < 1.29 is 0 Å². The Balaban J connectivity index is 0.000000180. The molecule has 24 heavy (non-hydrogen) atoms. The third-order valence-corrected chi connectivity index (χ3v) is 2.82. The molecule has 0 aliphatic carbocycles. The lowest BCUT2D eigenvalue weighted by atomic mass is 10.2. The van der Waals surface area contributed by atoms with E-state index in [1.165, 1.54) is 0 Å². The van der Waals surface area contributed by atoms with Crippen molar-refractivity contribution in [2.24, 2.45) is 0 Å². The molecule has 0 aliphatic rings. The fraction of sp³-hybridized carbons (Fsp3) is 0. The lowest BCUT2D eigenvalue weighted by Gasteiger charge is -1.82. The number of terminal acetylenes is 3. The van der Waals surface area contributed by atoms with Crippen molar-refractivity contribution in [2.45, 2.75) is 0 Å². The molecule has 0 atom stereocenters. The average Bonchev–Trinajstić information content (AvgIpc) is 2.71. The summed E-state index contributed by atoms with van der Waals surface area (Å²) in [6.07, 6.45) is 15.3. The van der Waals surface area contributed by atoms with Gasteiger partial charge in [-0.3, -0.25) is 0 Å². The van der Waals surface area contributed by atoms with Crippen LogP contribution in [0.1, 0.15) is 16.7 Å². The molecule has 0 nitrogen and oxygen atoms in total. The molecule has 0 aromatic heterocycles. The highest BCUT2D eigenvalue weighted by molar-refractivity contribution is 5.32. The Morgan fingerprint density at radius 1 is 0.375 bits per heavy atom. The first-order valence-corrected chi connectivity index (χ1v) is 7.35. The molecule has 3 aromatic carbocycles. The standard InChI is InChI=1S/3C8H6/c3*1-2-8-6-4-3-5-7-8/h3*1,3-7H. The van der Waals surface area contributed by atoms with Crippen molar-refractivity contribution in [1.29, 1.82) is 0 Å². The van der Waals surface area contributed by atoms with Crippen molar-refractivity contribution >= 4 is 0 Å². The average molecular weight is 306 g/mol. The first-order valence-electron chi connectivity index (χ1n) is 7.35. The Bertz CT molecular complexity index is 691. The van der Waals surface area contributed by atoms with Gasteiger partial charge in [-0.15, -0.1) is 19.3 Å². The second-order valence-corrected chi connectivity index (χ2v) is 4.53. The number of hydrogen-bond donors (Lipinski definition) is 0. The molecule has 0 radical (unpaired) electrons. The third-order valence-electron chi connectivity index (χ3n) is 2.82. The summed E-state index contributed by atoms with van der Waals surface area (Å²) in [7, 11) is 0. The molecule has 0 bridgehead atoms. The van der Waals surface area contributed by atoms with Gasteiger partial charge in [0.15, 0.2) is 0 Å². The van der Waals surface area contributed by atoms with Crippen LogP contribution in [0.15, 0.2) is 91.0 Å². The zero-order valence-corrected chi connectivity index (χ0v) is 13.4. The Morgan fingerprint density at radius 2 is 0.583 bits per heavy atom. The fourth-order valence-electron chi connectivity index (χ4n) is 1.60. The summed E-state index contributed by atoms with van der Waals surface area (Å²) in [5.74, 6) is 7.58. The molecule has 0 heteroatoms. The maximum absolute atomic E-state index is 5.10. The van der Waals surface area contributed by atoms with Crippen LogP contribution < -0.4 is 0 Å². The Hall–Kier alpha value is -3.66. The molecule has 114 valence electrons. The minimum atomic E-state index is 0.938. The van der Waals surface area contributed by atoms with Gasteiger partial charge in [0.25, 0.3) is 0 Å². The fourth-order valence-corrected chi connectivity index (χ4v) is 1.60. The highest BCUT2D eigenvalue weighted by atomic mass is 13.8. The molecule has 0 saturated heterocycles. The molecule has 3 aromatic rings. The number of hydrogen-bond acceptors (Lipinski definition) is 0. The summed E-state index contributed by atoms with van der Waals surface area (Å²) in [6, 6.07) is 28.8. The smallest absolute Gasteiger partial charge is 0.0242 e. The zero-order valence-electron chi connectivity index (χ0n) is 13.4. The highest BCUT2D eigenvalue weighted by Crippen LogP contribution is 1.94. The maximum Gasteiger partial charge on any atom is 0.0242 e. The molecule has 0 fully saturated rings. The van der Waals surface area contributed by atoms with Gasteiger partial charge in [0.2, 0.25) is 0 Å². The van der Waals surface area contributed by atoms with Crippen molar-refractivity contribution in [3.63, 3.8) is 0 Å². The third kappa shape index (κ3) is 7.95. The monoisotopic (exact) mass is 306 g/mol. The van der Waals surface area contributed by atoms with Gasteiger partial charge in [-0.1, -0.05) is 72.4 Å². The molecule has 0 N–H and O–H groups in total. The van der Waals surface area contributed by atoms with Crippen LogP contribution in [-0.4, -0.2) is 0 Å². The lowest BCUT2D eigenvalue weighted by molar-refractivity contribution is 1.65. The minimum absolute atomic E-state index is 0.938. The topological polar surface area (TPSA) is 0 Å². The van der Waals surface area contributed by atoms with E-state index in [1.54, 1.807) is 0 Å². The second kappa shape index (κ2) is 11.9. The molecule has 0 heterocycles. The van der Waals surface area contributed by atoms with Crippen molar-refractivity contribution in [3.8, 4) is 37.0 Å². The van der Waals surface area contributed by atoms with Crippen LogP contribution in [0, 0.1) is 37.0 Å². The molecule has 0 saturated carbocycles. The van der Waals surface area contributed by atoms with Crippen LogP contribution in [0.4, 0.5) is 0 Å². The van der Waals surface area contributed by atoms with Gasteiger partial charge in [0.1, 0.15) is 0 Å². The van der Waals surface area contributed by atoms with Gasteiger partial charge < -0.3 is 0 Å². The van der Waals surface area contributed by atoms with Crippen LogP contribution in [0.2, 0.25) is 0 Å². The van der Waals surface area contributed by atoms with Gasteiger partial charge in [0.05, 0.1) is 0 Å². The molecular formula is C24H18. The zero-order chi connectivity index (χ0) is 17.5. The normalized spacial score (nSPS) is 7.88. The molecular weight excluding hydrogens is 288 g/mol. The largest absolute Gasteiger partial charge is 0.115 e. The Labute approximate surface area is 145 Å². The summed E-state index contributed by atoms with van der Waals surface area (Å²) < 4.78 is 0. The summed E-state index contributed by atoms with van der Waals surface area (Å²) in [4.78, 5) is 0. The van der Waals surface area contributed by atoms with Crippen LogP contribution in [0.25, 0.3) is 0 Å². The van der Waals surface area contributed by atoms with E-state index in [-0.39, 0.29) is 0 Å². The Kier molecular flexibility index (Phi) is 9.15. The minimum Gasteiger partial charge on any atom is -0.115 e. The van der Waals surface area contributed by atoms with E-state index < -0.39 is 0 Å². The van der Waals surface area contributed by atoms with E-state index in [9.17, 15) is 0 Å². The van der Waals surface area contributed by atoms with Gasteiger partial charge >= 0.3 is 0 Å². The van der Waals surface area contributed by atoms with Gasteiger partial charge in [0, 0.05) is 16.7 Å². The summed E-state index contributed by atoms with van der Waals surface area (Å²) >= 11 is 0. The number of rotatable bonds is 0. The van der Waals surface area contributed by atoms with Crippen molar-refractivity contribution in [3.05, 3.63) is 108 Å². The SMILES string of the molecule is C#Cc1ccccc1.C#Cc1ccccc1.C#Cc1ccccc1. The van der Waals surface area contributed by atoms with E-state index in [0.717, 1.165) is 16.7 Å². The van der Waals surface area contributed by atoms with Gasteiger partial charge in [-0.2, -0.15) is 0 Å². The predicted molar refractivity (Wildman–Crippen MR) is 103 cm³/mol. The van der Waals surface area contributed by atoms with Crippen LogP contribution in [-0.2, 0) is 0 Å². The quantitative estimate of drug-likeness (QED) is 0.513. The molecule has 3 rings (SSSR count). The first-order chi connectivity index (χ1) is 11.8. The van der Waals surface area contributed by atoms with Gasteiger partial charge in [-0.05, 0) is 36.4 Å². The Morgan fingerprint density at radius 3 is 0.708 bits per heavy atom. The van der Waals surface area contributed by atoms with E-state index >= 15 is 0 Å². The highest BCUT2D eigenvalue weighted by Gasteiger charge is 1.77. The van der Waals surface area contributed by atoms with Gasteiger partial charge in [-0.25, -0.2) is 0 Å². The van der Waals surface area contributed by atoms with Crippen LogP contribution >= 0.6 is 0 Å². The maximum atomic E-state index is 5.10. The summed E-state index contributed by atoms with van der Waals surface area (Å²) in [5.41, 5.74) is 2.81. The van der Waals surface area contributed by atoms with Crippen molar-refractivity contribution in [1.82, 2.24) is 0 Å². The van der Waals surface area contributed by atoms with Crippen LogP contribution in [0.5, 0.6) is 0 Å². The summed E-state index contributed by atoms with van der Waals surface area (Å²) in [5, 5.41) is 0. The molecule has 0 unspecified atom stereocenters. The molecule has 0 spiro atoms. The van der Waals surface area contributed by atoms with Crippen molar-refractivity contribution in [2.75, 3.05) is 0 Å². The first kappa shape index (κ1) is 18.4. The molecule has 0 amide bonds. The van der Waals surface area contributed by atoms with Crippen LogP contribution in [0.3, 0.4) is 0 Å².